The lowest BCUT2D eigenvalue weighted by atomic mass is 9.81. The second-order valence-corrected chi connectivity index (χ2v) is 4.60. The van der Waals surface area contributed by atoms with Crippen molar-refractivity contribution in [1.29, 1.82) is 0 Å². The Morgan fingerprint density at radius 3 is 2.76 bits per heavy atom. The first-order valence-corrected chi connectivity index (χ1v) is 5.94. The zero-order chi connectivity index (χ0) is 12.1. The maximum Gasteiger partial charge on any atom is 0.123 e. The fourth-order valence-electron chi connectivity index (χ4n) is 2.02. The number of phenols is 1. The Balaban J connectivity index is 1.95. The van der Waals surface area contributed by atoms with Gasteiger partial charge in [-0.1, -0.05) is 6.07 Å². The SMILES string of the molecule is NCC1(COc2cccc(O)c2)CCOCC1. The number of phenolic OH excluding ortho intramolecular Hbond substituents is 1. The zero-order valence-corrected chi connectivity index (χ0v) is 9.89. The molecular formula is C13H19NO3. The maximum absolute atomic E-state index is 9.35. The van der Waals surface area contributed by atoms with Gasteiger partial charge in [-0.3, -0.25) is 0 Å². The third kappa shape index (κ3) is 3.11. The van der Waals surface area contributed by atoms with Gasteiger partial charge in [-0.25, -0.2) is 0 Å². The highest BCUT2D eigenvalue weighted by Crippen LogP contribution is 2.30. The van der Waals surface area contributed by atoms with Crippen LogP contribution in [0.25, 0.3) is 0 Å². The number of ether oxygens (including phenoxy) is 2. The van der Waals surface area contributed by atoms with Crippen molar-refractivity contribution in [3.05, 3.63) is 24.3 Å². The van der Waals surface area contributed by atoms with Crippen LogP contribution < -0.4 is 10.5 Å². The van der Waals surface area contributed by atoms with Crippen LogP contribution in [0.15, 0.2) is 24.3 Å². The van der Waals surface area contributed by atoms with Gasteiger partial charge in [0.15, 0.2) is 0 Å². The second-order valence-electron chi connectivity index (χ2n) is 4.60. The van der Waals surface area contributed by atoms with Gasteiger partial charge in [0.1, 0.15) is 11.5 Å². The molecule has 0 aliphatic carbocycles. The zero-order valence-electron chi connectivity index (χ0n) is 9.89. The van der Waals surface area contributed by atoms with Crippen LogP contribution in [-0.2, 0) is 4.74 Å². The number of benzene rings is 1. The summed E-state index contributed by atoms with van der Waals surface area (Å²) in [6, 6.07) is 6.84. The third-order valence-corrected chi connectivity index (χ3v) is 3.35. The quantitative estimate of drug-likeness (QED) is 0.833. The largest absolute Gasteiger partial charge is 0.508 e. The summed E-state index contributed by atoms with van der Waals surface area (Å²) >= 11 is 0. The van der Waals surface area contributed by atoms with E-state index < -0.39 is 0 Å². The fourth-order valence-corrected chi connectivity index (χ4v) is 2.02. The second kappa shape index (κ2) is 5.38. The predicted molar refractivity (Wildman–Crippen MR) is 65.1 cm³/mol. The summed E-state index contributed by atoms with van der Waals surface area (Å²) < 4.78 is 11.1. The van der Waals surface area contributed by atoms with Gasteiger partial charge in [0.2, 0.25) is 0 Å². The summed E-state index contributed by atoms with van der Waals surface area (Å²) in [4.78, 5) is 0. The summed E-state index contributed by atoms with van der Waals surface area (Å²) in [6.07, 6.45) is 1.87. The lowest BCUT2D eigenvalue weighted by Crippen LogP contribution is -2.41. The van der Waals surface area contributed by atoms with Crippen molar-refractivity contribution in [3.63, 3.8) is 0 Å². The summed E-state index contributed by atoms with van der Waals surface area (Å²) in [7, 11) is 0. The number of hydrogen-bond acceptors (Lipinski definition) is 4. The Bertz CT molecular complexity index is 361. The minimum Gasteiger partial charge on any atom is -0.508 e. The van der Waals surface area contributed by atoms with E-state index >= 15 is 0 Å². The van der Waals surface area contributed by atoms with Crippen LogP contribution in [-0.4, -0.2) is 31.5 Å². The molecule has 0 atom stereocenters. The van der Waals surface area contributed by atoms with Crippen LogP contribution in [0.1, 0.15) is 12.8 Å². The molecule has 0 radical (unpaired) electrons. The molecule has 1 fully saturated rings. The Morgan fingerprint density at radius 1 is 1.35 bits per heavy atom. The molecule has 1 aromatic carbocycles. The van der Waals surface area contributed by atoms with Crippen LogP contribution >= 0.6 is 0 Å². The van der Waals surface area contributed by atoms with Crippen molar-refractivity contribution in [3.8, 4) is 11.5 Å². The Kier molecular flexibility index (Phi) is 3.86. The van der Waals surface area contributed by atoms with E-state index in [1.807, 2.05) is 6.07 Å². The smallest absolute Gasteiger partial charge is 0.123 e. The molecule has 2 rings (SSSR count). The number of rotatable bonds is 4. The molecule has 0 amide bonds. The first-order valence-electron chi connectivity index (χ1n) is 5.94. The van der Waals surface area contributed by atoms with Gasteiger partial charge in [-0.15, -0.1) is 0 Å². The molecular weight excluding hydrogens is 218 g/mol. The molecule has 1 heterocycles. The van der Waals surface area contributed by atoms with E-state index in [0.29, 0.717) is 18.9 Å². The van der Waals surface area contributed by atoms with Gasteiger partial charge in [-0.2, -0.15) is 0 Å². The Hall–Kier alpha value is -1.26. The van der Waals surface area contributed by atoms with E-state index in [9.17, 15) is 5.11 Å². The highest BCUT2D eigenvalue weighted by molar-refractivity contribution is 5.31. The van der Waals surface area contributed by atoms with Crippen molar-refractivity contribution in [2.45, 2.75) is 12.8 Å². The van der Waals surface area contributed by atoms with E-state index in [4.69, 9.17) is 15.2 Å². The molecule has 1 aliphatic rings. The van der Waals surface area contributed by atoms with Crippen molar-refractivity contribution in [2.75, 3.05) is 26.4 Å². The molecule has 3 N–H and O–H groups in total. The van der Waals surface area contributed by atoms with Crippen LogP contribution in [0, 0.1) is 5.41 Å². The molecule has 0 spiro atoms. The number of aromatic hydroxyl groups is 1. The minimum absolute atomic E-state index is 0.0176. The lowest BCUT2D eigenvalue weighted by Gasteiger charge is -2.35. The molecule has 1 aromatic rings. The lowest BCUT2D eigenvalue weighted by molar-refractivity contribution is -0.00502. The molecule has 4 heteroatoms. The average molecular weight is 237 g/mol. The van der Waals surface area contributed by atoms with Crippen LogP contribution in [0.3, 0.4) is 0 Å². The molecule has 0 unspecified atom stereocenters. The highest BCUT2D eigenvalue weighted by atomic mass is 16.5. The standard InChI is InChI=1S/C13H19NO3/c14-9-13(4-6-16-7-5-13)10-17-12-3-1-2-11(15)8-12/h1-3,8,15H,4-7,9-10,14H2. The molecule has 17 heavy (non-hydrogen) atoms. The molecule has 4 nitrogen and oxygen atoms in total. The van der Waals surface area contributed by atoms with E-state index in [2.05, 4.69) is 0 Å². The summed E-state index contributed by atoms with van der Waals surface area (Å²) in [5.74, 6) is 0.903. The first kappa shape index (κ1) is 12.2. The topological polar surface area (TPSA) is 64.7 Å². The summed E-state index contributed by atoms with van der Waals surface area (Å²) in [5, 5.41) is 9.35. The Labute approximate surface area is 101 Å². The molecule has 0 saturated carbocycles. The van der Waals surface area contributed by atoms with Crippen LogP contribution in [0.5, 0.6) is 11.5 Å². The van der Waals surface area contributed by atoms with E-state index in [1.54, 1.807) is 18.2 Å². The van der Waals surface area contributed by atoms with Gasteiger partial charge in [-0.05, 0) is 25.0 Å². The van der Waals surface area contributed by atoms with Crippen molar-refractivity contribution in [2.24, 2.45) is 11.1 Å². The number of nitrogens with two attached hydrogens (primary N) is 1. The molecule has 1 saturated heterocycles. The van der Waals surface area contributed by atoms with Crippen LogP contribution in [0.4, 0.5) is 0 Å². The van der Waals surface area contributed by atoms with Crippen molar-refractivity contribution >= 4 is 0 Å². The van der Waals surface area contributed by atoms with Gasteiger partial charge in [0.05, 0.1) is 6.61 Å². The van der Waals surface area contributed by atoms with Crippen LogP contribution in [0.2, 0.25) is 0 Å². The monoisotopic (exact) mass is 237 g/mol. The van der Waals surface area contributed by atoms with Gasteiger partial charge >= 0.3 is 0 Å². The van der Waals surface area contributed by atoms with Gasteiger partial charge < -0.3 is 20.3 Å². The maximum atomic E-state index is 9.35. The summed E-state index contributed by atoms with van der Waals surface area (Å²) in [5.41, 5.74) is 5.86. The molecule has 94 valence electrons. The third-order valence-electron chi connectivity index (χ3n) is 3.35. The number of hydrogen-bond donors (Lipinski definition) is 2. The Morgan fingerprint density at radius 2 is 2.12 bits per heavy atom. The van der Waals surface area contributed by atoms with Gasteiger partial charge in [0, 0.05) is 31.2 Å². The average Bonchev–Trinajstić information content (AvgIpc) is 2.38. The minimum atomic E-state index is 0.0176. The predicted octanol–water partition coefficient (Wildman–Crippen LogP) is 1.53. The fraction of sp³-hybridized carbons (Fsp3) is 0.538. The van der Waals surface area contributed by atoms with E-state index in [1.165, 1.54) is 0 Å². The van der Waals surface area contributed by atoms with Crippen molar-refractivity contribution in [1.82, 2.24) is 0 Å². The van der Waals surface area contributed by atoms with Crippen molar-refractivity contribution < 1.29 is 14.6 Å². The van der Waals surface area contributed by atoms with Gasteiger partial charge in [0.25, 0.3) is 0 Å². The van der Waals surface area contributed by atoms with E-state index in [-0.39, 0.29) is 11.2 Å². The van der Waals surface area contributed by atoms with E-state index in [0.717, 1.165) is 26.1 Å². The molecule has 1 aliphatic heterocycles. The normalized spacial score (nSPS) is 18.9. The molecule has 0 aromatic heterocycles. The molecule has 0 bridgehead atoms. The summed E-state index contributed by atoms with van der Waals surface area (Å²) in [6.45, 7) is 2.69. The first-order chi connectivity index (χ1) is 8.24. The highest BCUT2D eigenvalue weighted by Gasteiger charge is 2.32.